The lowest BCUT2D eigenvalue weighted by molar-refractivity contribution is -0.261. The Morgan fingerprint density at radius 3 is 2.47 bits per heavy atom. The molecule has 0 spiro atoms. The number of amides is 1. The van der Waals surface area contributed by atoms with Crippen molar-refractivity contribution in [1.29, 1.82) is 0 Å². The van der Waals surface area contributed by atoms with Crippen LogP contribution in [-0.4, -0.2) is 53.9 Å². The first-order valence-corrected chi connectivity index (χ1v) is 4.79. The fraction of sp³-hybridized carbons (Fsp3) is 0.889. The standard InChI is InChI=1S/C9H17NO5/c1-4-7(12)6(10-5(2)11)8(13)9(14-3)15-4/h4,6-9,12-13H,1-3H3,(H,10,11)/t4-,6+,7-,8-,9+/m0/s1. The Hall–Kier alpha value is -0.690. The molecule has 0 unspecified atom stereocenters. The summed E-state index contributed by atoms with van der Waals surface area (Å²) >= 11 is 0. The van der Waals surface area contributed by atoms with E-state index in [-0.39, 0.29) is 5.91 Å². The summed E-state index contributed by atoms with van der Waals surface area (Å²) in [6, 6.07) is -0.767. The molecule has 0 aliphatic carbocycles. The van der Waals surface area contributed by atoms with Gasteiger partial charge in [0.15, 0.2) is 6.29 Å². The summed E-state index contributed by atoms with van der Waals surface area (Å²) in [4.78, 5) is 10.9. The Morgan fingerprint density at radius 2 is 2.00 bits per heavy atom. The smallest absolute Gasteiger partial charge is 0.217 e. The van der Waals surface area contributed by atoms with Crippen molar-refractivity contribution in [2.75, 3.05) is 7.11 Å². The molecule has 6 heteroatoms. The van der Waals surface area contributed by atoms with E-state index in [1.165, 1.54) is 14.0 Å². The van der Waals surface area contributed by atoms with Gasteiger partial charge in [-0.25, -0.2) is 0 Å². The number of carbonyl (C=O) groups is 1. The van der Waals surface area contributed by atoms with Gasteiger partial charge in [-0.05, 0) is 6.92 Å². The monoisotopic (exact) mass is 219 g/mol. The van der Waals surface area contributed by atoms with Crippen LogP contribution in [-0.2, 0) is 14.3 Å². The van der Waals surface area contributed by atoms with E-state index < -0.39 is 30.6 Å². The van der Waals surface area contributed by atoms with Crippen LogP contribution in [0, 0.1) is 0 Å². The zero-order valence-electron chi connectivity index (χ0n) is 9.01. The van der Waals surface area contributed by atoms with E-state index >= 15 is 0 Å². The fourth-order valence-electron chi connectivity index (χ4n) is 1.64. The fourth-order valence-corrected chi connectivity index (χ4v) is 1.64. The van der Waals surface area contributed by atoms with Gasteiger partial charge in [-0.1, -0.05) is 0 Å². The summed E-state index contributed by atoms with van der Waals surface area (Å²) in [5.41, 5.74) is 0. The minimum Gasteiger partial charge on any atom is -0.388 e. The van der Waals surface area contributed by atoms with Crippen molar-refractivity contribution in [3.05, 3.63) is 0 Å². The van der Waals surface area contributed by atoms with Crippen molar-refractivity contribution in [3.8, 4) is 0 Å². The molecule has 0 aromatic heterocycles. The highest BCUT2D eigenvalue weighted by atomic mass is 16.7. The maximum Gasteiger partial charge on any atom is 0.217 e. The number of ether oxygens (including phenoxy) is 2. The maximum absolute atomic E-state index is 10.9. The first kappa shape index (κ1) is 12.4. The molecule has 6 nitrogen and oxygen atoms in total. The molecule has 0 aromatic carbocycles. The molecule has 0 saturated carbocycles. The largest absolute Gasteiger partial charge is 0.388 e. The number of aliphatic hydroxyl groups excluding tert-OH is 2. The number of hydrogen-bond donors (Lipinski definition) is 3. The summed E-state index contributed by atoms with van der Waals surface area (Å²) in [6.45, 7) is 2.97. The molecule has 0 radical (unpaired) electrons. The van der Waals surface area contributed by atoms with E-state index in [9.17, 15) is 15.0 Å². The summed E-state index contributed by atoms with van der Waals surface area (Å²) in [7, 11) is 1.39. The lowest BCUT2D eigenvalue weighted by Crippen LogP contribution is -2.63. The van der Waals surface area contributed by atoms with Crippen LogP contribution in [0.25, 0.3) is 0 Å². The number of nitrogens with one attached hydrogen (secondary N) is 1. The minimum atomic E-state index is -1.08. The van der Waals surface area contributed by atoms with Crippen molar-refractivity contribution in [3.63, 3.8) is 0 Å². The van der Waals surface area contributed by atoms with Crippen LogP contribution in [0.5, 0.6) is 0 Å². The SMILES string of the molecule is CO[C@@H]1O[C@@H](C)[C@H](O)[C@@H](NC(C)=O)[C@@H]1O. The Morgan fingerprint density at radius 1 is 1.40 bits per heavy atom. The van der Waals surface area contributed by atoms with Crippen molar-refractivity contribution >= 4 is 5.91 Å². The van der Waals surface area contributed by atoms with E-state index in [2.05, 4.69) is 5.32 Å². The normalized spacial score (nSPS) is 41.3. The molecule has 1 aliphatic heterocycles. The molecule has 1 heterocycles. The van der Waals surface area contributed by atoms with Crippen LogP contribution in [0.4, 0.5) is 0 Å². The van der Waals surface area contributed by atoms with Gasteiger partial charge < -0.3 is 25.0 Å². The van der Waals surface area contributed by atoms with Gasteiger partial charge in [0.2, 0.25) is 5.91 Å². The van der Waals surface area contributed by atoms with Crippen LogP contribution in [0.1, 0.15) is 13.8 Å². The van der Waals surface area contributed by atoms with Crippen molar-refractivity contribution in [2.24, 2.45) is 0 Å². The van der Waals surface area contributed by atoms with E-state index in [0.717, 1.165) is 0 Å². The highest BCUT2D eigenvalue weighted by Crippen LogP contribution is 2.21. The average Bonchev–Trinajstić information content (AvgIpc) is 2.18. The third kappa shape index (κ3) is 2.66. The Bertz CT molecular complexity index is 235. The quantitative estimate of drug-likeness (QED) is 0.532. The maximum atomic E-state index is 10.9. The molecule has 1 aliphatic rings. The molecule has 1 amide bonds. The molecule has 0 aromatic rings. The number of rotatable bonds is 2. The van der Waals surface area contributed by atoms with Crippen LogP contribution >= 0.6 is 0 Å². The lowest BCUT2D eigenvalue weighted by atomic mass is 9.97. The van der Waals surface area contributed by atoms with E-state index in [4.69, 9.17) is 9.47 Å². The summed E-state index contributed by atoms with van der Waals surface area (Å²) < 4.78 is 10.1. The number of methoxy groups -OCH3 is 1. The van der Waals surface area contributed by atoms with Gasteiger partial charge in [-0.3, -0.25) is 4.79 Å². The number of carbonyl (C=O) groups excluding carboxylic acids is 1. The molecule has 88 valence electrons. The predicted octanol–water partition coefficient (Wildman–Crippen LogP) is -1.40. The second-order valence-corrected chi connectivity index (χ2v) is 3.65. The van der Waals surface area contributed by atoms with E-state index in [1.807, 2.05) is 0 Å². The first-order valence-electron chi connectivity index (χ1n) is 4.79. The topological polar surface area (TPSA) is 88.0 Å². The van der Waals surface area contributed by atoms with Crippen LogP contribution in [0.15, 0.2) is 0 Å². The van der Waals surface area contributed by atoms with E-state index in [1.54, 1.807) is 6.92 Å². The molecule has 1 rings (SSSR count). The van der Waals surface area contributed by atoms with Crippen LogP contribution in [0.3, 0.4) is 0 Å². The molecular formula is C9H17NO5. The predicted molar refractivity (Wildman–Crippen MR) is 51.0 cm³/mol. The summed E-state index contributed by atoms with van der Waals surface area (Å²) in [5.74, 6) is -0.318. The van der Waals surface area contributed by atoms with Gasteiger partial charge in [-0.15, -0.1) is 0 Å². The minimum absolute atomic E-state index is 0.318. The average molecular weight is 219 g/mol. The molecule has 15 heavy (non-hydrogen) atoms. The lowest BCUT2D eigenvalue weighted by Gasteiger charge is -2.41. The van der Waals surface area contributed by atoms with Crippen LogP contribution in [0.2, 0.25) is 0 Å². The zero-order valence-corrected chi connectivity index (χ0v) is 9.01. The highest BCUT2D eigenvalue weighted by molar-refractivity contribution is 5.73. The summed E-state index contributed by atoms with van der Waals surface area (Å²) in [6.07, 6.45) is -3.36. The van der Waals surface area contributed by atoms with Crippen molar-refractivity contribution in [2.45, 2.75) is 44.5 Å². The Kier molecular flexibility index (Phi) is 4.04. The van der Waals surface area contributed by atoms with Crippen molar-refractivity contribution < 1.29 is 24.5 Å². The number of hydrogen-bond acceptors (Lipinski definition) is 5. The summed E-state index contributed by atoms with van der Waals surface area (Å²) in [5, 5.41) is 21.9. The molecule has 3 N–H and O–H groups in total. The molecule has 5 atom stereocenters. The van der Waals surface area contributed by atoms with Crippen LogP contribution < -0.4 is 5.32 Å². The van der Waals surface area contributed by atoms with Gasteiger partial charge in [0.25, 0.3) is 0 Å². The molecular weight excluding hydrogens is 202 g/mol. The highest BCUT2D eigenvalue weighted by Gasteiger charge is 2.43. The third-order valence-corrected chi connectivity index (χ3v) is 2.45. The van der Waals surface area contributed by atoms with E-state index in [0.29, 0.717) is 0 Å². The van der Waals surface area contributed by atoms with Gasteiger partial charge in [-0.2, -0.15) is 0 Å². The zero-order chi connectivity index (χ0) is 11.6. The van der Waals surface area contributed by atoms with Gasteiger partial charge in [0, 0.05) is 14.0 Å². The third-order valence-electron chi connectivity index (χ3n) is 2.45. The second-order valence-electron chi connectivity index (χ2n) is 3.65. The first-order chi connectivity index (χ1) is 6.97. The Labute approximate surface area is 88.2 Å². The van der Waals surface area contributed by atoms with Gasteiger partial charge in [0.05, 0.1) is 12.1 Å². The molecule has 1 saturated heterocycles. The second kappa shape index (κ2) is 4.89. The molecule has 0 bridgehead atoms. The van der Waals surface area contributed by atoms with Gasteiger partial charge >= 0.3 is 0 Å². The molecule has 1 fully saturated rings. The Balaban J connectivity index is 2.74. The van der Waals surface area contributed by atoms with Crippen molar-refractivity contribution in [1.82, 2.24) is 5.32 Å². The number of aliphatic hydroxyl groups is 2. The van der Waals surface area contributed by atoms with Gasteiger partial charge in [0.1, 0.15) is 12.2 Å².